The summed E-state index contributed by atoms with van der Waals surface area (Å²) in [6.07, 6.45) is 1.57. The Balaban J connectivity index is 1.70. The van der Waals surface area contributed by atoms with Gasteiger partial charge in [-0.2, -0.15) is 0 Å². The van der Waals surface area contributed by atoms with E-state index >= 15 is 0 Å². The maximum Gasteiger partial charge on any atom is 0.251 e. The number of carbonyl (C=O) groups excluding carboxylic acids is 3. The molecule has 110 valence electrons. The van der Waals surface area contributed by atoms with Crippen LogP contribution in [0.3, 0.4) is 0 Å². The Morgan fingerprint density at radius 3 is 2.86 bits per heavy atom. The number of nitrogens with one attached hydrogen (secondary N) is 3. The Labute approximate surface area is 122 Å². The van der Waals surface area contributed by atoms with Gasteiger partial charge in [-0.1, -0.05) is 6.07 Å². The van der Waals surface area contributed by atoms with Crippen LogP contribution in [0.1, 0.15) is 34.3 Å². The molecule has 2 heterocycles. The van der Waals surface area contributed by atoms with Gasteiger partial charge >= 0.3 is 0 Å². The third-order valence-corrected chi connectivity index (χ3v) is 3.90. The molecule has 3 N–H and O–H groups in total. The first-order valence-electron chi connectivity index (χ1n) is 7.10. The minimum Gasteiger partial charge on any atom is -0.340 e. The van der Waals surface area contributed by atoms with Crippen LogP contribution in [0.25, 0.3) is 0 Å². The molecule has 0 aliphatic carbocycles. The molecule has 1 saturated heterocycles. The van der Waals surface area contributed by atoms with Gasteiger partial charge in [-0.25, -0.2) is 0 Å². The van der Waals surface area contributed by atoms with E-state index in [1.807, 2.05) is 12.1 Å². The van der Waals surface area contributed by atoms with Crippen molar-refractivity contribution >= 4 is 17.7 Å². The summed E-state index contributed by atoms with van der Waals surface area (Å²) in [7, 11) is 0. The third kappa shape index (κ3) is 2.95. The number of hydrogen-bond donors (Lipinski definition) is 3. The van der Waals surface area contributed by atoms with E-state index in [9.17, 15) is 14.4 Å². The highest BCUT2D eigenvalue weighted by Crippen LogP contribution is 2.16. The summed E-state index contributed by atoms with van der Waals surface area (Å²) in [6.45, 7) is 1.71. The molecule has 3 rings (SSSR count). The van der Waals surface area contributed by atoms with Gasteiger partial charge in [0.25, 0.3) is 5.91 Å². The number of carbonyl (C=O) groups is 3. The molecule has 1 fully saturated rings. The average molecular weight is 287 g/mol. The number of amides is 3. The Bertz CT molecular complexity index is 612. The fourth-order valence-electron chi connectivity index (χ4n) is 2.69. The molecule has 1 aromatic carbocycles. The number of hydrogen-bond acceptors (Lipinski definition) is 4. The summed E-state index contributed by atoms with van der Waals surface area (Å²) in [6, 6.07) is 4.98. The highest BCUT2D eigenvalue weighted by molar-refractivity contribution is 6.03. The molecule has 6 nitrogen and oxygen atoms in total. The van der Waals surface area contributed by atoms with E-state index in [0.717, 1.165) is 25.1 Å². The van der Waals surface area contributed by atoms with Crippen LogP contribution in [0.2, 0.25) is 0 Å². The Morgan fingerprint density at radius 1 is 1.19 bits per heavy atom. The first-order chi connectivity index (χ1) is 10.1. The standard InChI is InChI=1S/C15H17N3O3/c19-13-4-3-12(15(21)18-13)17-14(20)10-2-1-9-5-6-16-8-11(9)7-10/h1-2,7,12,16H,3-6,8H2,(H,17,20)(H,18,19,21). The molecular weight excluding hydrogens is 270 g/mol. The molecule has 21 heavy (non-hydrogen) atoms. The minimum absolute atomic E-state index is 0.255. The first kappa shape index (κ1) is 13.8. The van der Waals surface area contributed by atoms with Gasteiger partial charge in [0.2, 0.25) is 11.8 Å². The molecule has 0 aromatic heterocycles. The van der Waals surface area contributed by atoms with E-state index in [1.54, 1.807) is 6.07 Å². The monoisotopic (exact) mass is 287 g/mol. The highest BCUT2D eigenvalue weighted by Gasteiger charge is 2.28. The maximum absolute atomic E-state index is 12.2. The zero-order valence-electron chi connectivity index (χ0n) is 11.6. The number of fused-ring (bicyclic) bond motifs is 1. The summed E-state index contributed by atoms with van der Waals surface area (Å²) in [5.41, 5.74) is 2.92. The summed E-state index contributed by atoms with van der Waals surface area (Å²) >= 11 is 0. The van der Waals surface area contributed by atoms with Crippen molar-refractivity contribution < 1.29 is 14.4 Å². The Hall–Kier alpha value is -2.21. The van der Waals surface area contributed by atoms with E-state index in [1.165, 1.54) is 5.56 Å². The van der Waals surface area contributed by atoms with Gasteiger partial charge in [-0.05, 0) is 42.6 Å². The largest absolute Gasteiger partial charge is 0.340 e. The fraction of sp³-hybridized carbons (Fsp3) is 0.400. The number of benzene rings is 1. The molecular formula is C15H17N3O3. The van der Waals surface area contributed by atoms with Crippen molar-refractivity contribution in [2.24, 2.45) is 0 Å². The van der Waals surface area contributed by atoms with Gasteiger partial charge in [0.05, 0.1) is 0 Å². The Kier molecular flexibility index (Phi) is 3.70. The smallest absolute Gasteiger partial charge is 0.251 e. The van der Waals surface area contributed by atoms with Crippen molar-refractivity contribution in [3.63, 3.8) is 0 Å². The lowest BCUT2D eigenvalue weighted by Gasteiger charge is -2.22. The molecule has 1 unspecified atom stereocenters. The molecule has 1 aromatic rings. The lowest BCUT2D eigenvalue weighted by molar-refractivity contribution is -0.134. The summed E-state index contributed by atoms with van der Waals surface area (Å²) < 4.78 is 0. The van der Waals surface area contributed by atoms with Crippen LogP contribution in [0, 0.1) is 0 Å². The van der Waals surface area contributed by atoms with Gasteiger partial charge in [-0.3, -0.25) is 19.7 Å². The lowest BCUT2D eigenvalue weighted by atomic mass is 9.98. The molecule has 0 radical (unpaired) electrons. The summed E-state index contributed by atoms with van der Waals surface area (Å²) in [5.74, 6) is -0.998. The molecule has 0 saturated carbocycles. The van der Waals surface area contributed by atoms with Gasteiger partial charge < -0.3 is 10.6 Å². The maximum atomic E-state index is 12.2. The number of piperidine rings is 1. The van der Waals surface area contributed by atoms with Crippen LogP contribution in [0.4, 0.5) is 0 Å². The van der Waals surface area contributed by atoms with Crippen molar-refractivity contribution in [1.29, 1.82) is 0 Å². The molecule has 2 aliphatic rings. The molecule has 2 aliphatic heterocycles. The van der Waals surface area contributed by atoms with Gasteiger partial charge in [-0.15, -0.1) is 0 Å². The molecule has 6 heteroatoms. The van der Waals surface area contributed by atoms with Gasteiger partial charge in [0.15, 0.2) is 0 Å². The number of rotatable bonds is 2. The second kappa shape index (κ2) is 5.65. The molecule has 0 bridgehead atoms. The second-order valence-corrected chi connectivity index (χ2v) is 5.39. The van der Waals surface area contributed by atoms with E-state index in [4.69, 9.17) is 0 Å². The predicted molar refractivity (Wildman–Crippen MR) is 75.5 cm³/mol. The van der Waals surface area contributed by atoms with E-state index in [2.05, 4.69) is 16.0 Å². The van der Waals surface area contributed by atoms with E-state index in [0.29, 0.717) is 12.0 Å². The highest BCUT2D eigenvalue weighted by atomic mass is 16.2. The van der Waals surface area contributed by atoms with Crippen molar-refractivity contribution in [2.45, 2.75) is 31.8 Å². The van der Waals surface area contributed by atoms with Crippen molar-refractivity contribution in [1.82, 2.24) is 16.0 Å². The van der Waals surface area contributed by atoms with E-state index in [-0.39, 0.29) is 18.2 Å². The van der Waals surface area contributed by atoms with Crippen LogP contribution in [-0.4, -0.2) is 30.3 Å². The van der Waals surface area contributed by atoms with Crippen molar-refractivity contribution in [3.8, 4) is 0 Å². The second-order valence-electron chi connectivity index (χ2n) is 5.39. The van der Waals surface area contributed by atoms with Crippen LogP contribution < -0.4 is 16.0 Å². The Morgan fingerprint density at radius 2 is 2.05 bits per heavy atom. The zero-order valence-corrected chi connectivity index (χ0v) is 11.6. The lowest BCUT2D eigenvalue weighted by Crippen LogP contribution is -2.52. The molecule has 1 atom stereocenters. The summed E-state index contributed by atoms with van der Waals surface area (Å²) in [5, 5.41) is 8.19. The van der Waals surface area contributed by atoms with Crippen molar-refractivity contribution in [2.75, 3.05) is 6.54 Å². The first-order valence-corrected chi connectivity index (χ1v) is 7.10. The van der Waals surface area contributed by atoms with Gasteiger partial charge in [0, 0.05) is 18.5 Å². The quantitative estimate of drug-likeness (QED) is 0.661. The topological polar surface area (TPSA) is 87.3 Å². The van der Waals surface area contributed by atoms with Crippen LogP contribution in [0.5, 0.6) is 0 Å². The SMILES string of the molecule is O=C1CCC(NC(=O)c2ccc3c(c2)CNCC3)C(=O)N1. The molecule has 3 amide bonds. The van der Waals surface area contributed by atoms with Crippen LogP contribution in [0.15, 0.2) is 18.2 Å². The zero-order chi connectivity index (χ0) is 14.8. The average Bonchev–Trinajstić information content (AvgIpc) is 2.49. The summed E-state index contributed by atoms with van der Waals surface area (Å²) in [4.78, 5) is 35.0. The van der Waals surface area contributed by atoms with Crippen molar-refractivity contribution in [3.05, 3.63) is 34.9 Å². The number of imide groups is 1. The predicted octanol–water partition coefficient (Wildman–Crippen LogP) is -0.133. The fourth-order valence-corrected chi connectivity index (χ4v) is 2.69. The minimum atomic E-state index is -0.635. The van der Waals surface area contributed by atoms with Gasteiger partial charge in [0.1, 0.15) is 6.04 Å². The third-order valence-electron chi connectivity index (χ3n) is 3.90. The van der Waals surface area contributed by atoms with E-state index < -0.39 is 11.9 Å². The molecule has 0 spiro atoms. The van der Waals surface area contributed by atoms with Crippen LogP contribution >= 0.6 is 0 Å². The normalized spacial score (nSPS) is 21.4. The van der Waals surface area contributed by atoms with Crippen LogP contribution in [-0.2, 0) is 22.6 Å².